The van der Waals surface area contributed by atoms with Crippen molar-refractivity contribution in [1.82, 2.24) is 0 Å². The first kappa shape index (κ1) is 14.7. The largest absolute Gasteiger partial charge is 0.512 e. The topological polar surface area (TPSA) is 90.9 Å². The van der Waals surface area contributed by atoms with E-state index in [1.807, 2.05) is 13.8 Å². The number of hydrogen-bond donors (Lipinski definition) is 3. The van der Waals surface area contributed by atoms with Crippen LogP contribution in [0.5, 0.6) is 11.5 Å². The van der Waals surface area contributed by atoms with Crippen molar-refractivity contribution in [2.24, 2.45) is 0 Å². The number of allylic oxidation sites excluding steroid dienone is 1. The molecule has 1 aromatic heterocycles. The first-order chi connectivity index (χ1) is 10.1. The van der Waals surface area contributed by atoms with Crippen molar-refractivity contribution in [1.29, 1.82) is 0 Å². The average Bonchev–Trinajstić information content (AvgIpc) is 2.64. The summed E-state index contributed by atoms with van der Waals surface area (Å²) in [6.45, 7) is 4.00. The normalized spacial score (nSPS) is 13.0. The molecular weight excluding hydrogens is 272 g/mol. The molecule has 3 rings (SSSR count). The minimum absolute atomic E-state index is 0.0838. The molecule has 0 amide bonds. The molecule has 0 saturated carbocycles. The second-order valence-corrected chi connectivity index (χ2v) is 4.30. The van der Waals surface area contributed by atoms with Crippen molar-refractivity contribution in [3.05, 3.63) is 45.7 Å². The number of aromatic hydroxyl groups is 2. The first-order valence-electron chi connectivity index (χ1n) is 6.65. The van der Waals surface area contributed by atoms with E-state index in [4.69, 9.17) is 4.42 Å². The summed E-state index contributed by atoms with van der Waals surface area (Å²) in [7, 11) is 0. The molecule has 1 heterocycles. The number of benzene rings is 1. The van der Waals surface area contributed by atoms with Crippen molar-refractivity contribution in [2.75, 3.05) is 0 Å². The quantitative estimate of drug-likeness (QED) is 0.645. The molecule has 0 bridgehead atoms. The fourth-order valence-electron chi connectivity index (χ4n) is 2.10. The highest BCUT2D eigenvalue weighted by molar-refractivity contribution is 5.94. The molecule has 5 heteroatoms. The van der Waals surface area contributed by atoms with Crippen LogP contribution in [-0.4, -0.2) is 15.3 Å². The molecule has 1 aliphatic rings. The van der Waals surface area contributed by atoms with E-state index < -0.39 is 5.63 Å². The van der Waals surface area contributed by atoms with E-state index in [1.165, 1.54) is 18.2 Å². The molecule has 21 heavy (non-hydrogen) atoms. The van der Waals surface area contributed by atoms with Crippen LogP contribution >= 0.6 is 0 Å². The SMILES string of the molecule is CC.O=c1oc2c(c3cc(O)c(O)cc13)C=CCC(O)=C2. The lowest BCUT2D eigenvalue weighted by Crippen LogP contribution is -2.03. The summed E-state index contributed by atoms with van der Waals surface area (Å²) in [6.07, 6.45) is 5.14. The number of rotatable bonds is 0. The average molecular weight is 288 g/mol. The van der Waals surface area contributed by atoms with Gasteiger partial charge in [0.2, 0.25) is 0 Å². The van der Waals surface area contributed by atoms with Crippen LogP contribution in [-0.2, 0) is 0 Å². The Morgan fingerprint density at radius 2 is 1.67 bits per heavy atom. The fourth-order valence-corrected chi connectivity index (χ4v) is 2.10. The molecule has 0 fully saturated rings. The summed E-state index contributed by atoms with van der Waals surface area (Å²) in [5.74, 6) is -0.378. The van der Waals surface area contributed by atoms with Crippen LogP contribution in [0.25, 0.3) is 22.9 Å². The van der Waals surface area contributed by atoms with Gasteiger partial charge in [0.05, 0.1) is 11.1 Å². The second-order valence-electron chi connectivity index (χ2n) is 4.30. The number of hydrogen-bond acceptors (Lipinski definition) is 5. The molecule has 2 aromatic rings. The van der Waals surface area contributed by atoms with Crippen LogP contribution < -0.4 is 5.63 Å². The Kier molecular flexibility index (Phi) is 4.03. The third kappa shape index (κ3) is 2.63. The summed E-state index contributed by atoms with van der Waals surface area (Å²) < 4.78 is 5.12. The molecule has 0 aliphatic heterocycles. The van der Waals surface area contributed by atoms with Crippen LogP contribution in [0.3, 0.4) is 0 Å². The van der Waals surface area contributed by atoms with E-state index >= 15 is 0 Å². The molecule has 0 atom stereocenters. The Labute approximate surface area is 121 Å². The summed E-state index contributed by atoms with van der Waals surface area (Å²) >= 11 is 0. The van der Waals surface area contributed by atoms with E-state index in [2.05, 4.69) is 0 Å². The van der Waals surface area contributed by atoms with E-state index in [1.54, 1.807) is 12.2 Å². The number of phenolic OH excluding ortho intramolecular Hbond substituents is 2. The van der Waals surface area contributed by atoms with Gasteiger partial charge in [-0.25, -0.2) is 4.79 Å². The summed E-state index contributed by atoms with van der Waals surface area (Å²) in [6, 6.07) is 2.47. The van der Waals surface area contributed by atoms with Crippen LogP contribution in [0.2, 0.25) is 0 Å². The zero-order valence-corrected chi connectivity index (χ0v) is 11.8. The lowest BCUT2D eigenvalue weighted by molar-refractivity contribution is 0.403. The van der Waals surface area contributed by atoms with Crippen LogP contribution in [0.15, 0.2) is 33.2 Å². The second kappa shape index (κ2) is 5.75. The Morgan fingerprint density at radius 3 is 2.33 bits per heavy atom. The van der Waals surface area contributed by atoms with Gasteiger partial charge in [0.25, 0.3) is 0 Å². The Bertz CT molecular complexity index is 796. The summed E-state index contributed by atoms with van der Waals surface area (Å²) in [4.78, 5) is 11.8. The van der Waals surface area contributed by atoms with E-state index in [-0.39, 0.29) is 28.4 Å². The number of phenols is 2. The highest BCUT2D eigenvalue weighted by atomic mass is 16.4. The van der Waals surface area contributed by atoms with Gasteiger partial charge in [0.1, 0.15) is 5.76 Å². The molecule has 1 aliphatic carbocycles. The lowest BCUT2D eigenvalue weighted by Gasteiger charge is -2.06. The predicted octanol–water partition coefficient (Wildman–Crippen LogP) is 3.55. The molecule has 1 aromatic carbocycles. The molecule has 0 radical (unpaired) electrons. The third-order valence-corrected chi connectivity index (χ3v) is 3.00. The molecule has 0 saturated heterocycles. The van der Waals surface area contributed by atoms with Gasteiger partial charge in [-0.1, -0.05) is 26.0 Å². The maximum absolute atomic E-state index is 11.8. The molecule has 110 valence electrons. The Hall–Kier alpha value is -2.69. The van der Waals surface area contributed by atoms with Crippen molar-refractivity contribution < 1.29 is 19.7 Å². The molecular formula is C16H16O5. The molecule has 5 nitrogen and oxygen atoms in total. The van der Waals surface area contributed by atoms with Crippen LogP contribution in [0.4, 0.5) is 0 Å². The van der Waals surface area contributed by atoms with Crippen molar-refractivity contribution >= 4 is 22.9 Å². The number of aliphatic hydroxyl groups excluding tert-OH is 1. The first-order valence-corrected chi connectivity index (χ1v) is 6.65. The standard InChI is InChI=1S/C14H10O5.C2H6/c15-7-2-1-3-8-9-5-11(16)12(17)6-10(9)14(18)19-13(8)4-7;1-2/h1,3-6,15-17H,2H2;1-2H3. The monoisotopic (exact) mass is 288 g/mol. The maximum Gasteiger partial charge on any atom is 0.344 e. The fraction of sp³-hybridized carbons (Fsp3) is 0.188. The zero-order valence-electron chi connectivity index (χ0n) is 11.8. The van der Waals surface area contributed by atoms with E-state index in [0.717, 1.165) is 0 Å². The van der Waals surface area contributed by atoms with E-state index in [9.17, 15) is 20.1 Å². The van der Waals surface area contributed by atoms with Crippen molar-refractivity contribution in [2.45, 2.75) is 20.3 Å². The predicted molar refractivity (Wildman–Crippen MR) is 81.4 cm³/mol. The van der Waals surface area contributed by atoms with Gasteiger partial charge in [0.15, 0.2) is 11.5 Å². The Morgan fingerprint density at radius 1 is 1.05 bits per heavy atom. The minimum atomic E-state index is -0.636. The number of fused-ring (bicyclic) bond motifs is 3. The minimum Gasteiger partial charge on any atom is -0.512 e. The highest BCUT2D eigenvalue weighted by Crippen LogP contribution is 2.33. The molecule has 0 spiro atoms. The smallest absolute Gasteiger partial charge is 0.344 e. The van der Waals surface area contributed by atoms with Gasteiger partial charge in [-0.15, -0.1) is 0 Å². The Balaban J connectivity index is 0.000000774. The molecule has 0 unspecified atom stereocenters. The van der Waals surface area contributed by atoms with Gasteiger partial charge in [-0.3, -0.25) is 0 Å². The van der Waals surface area contributed by atoms with Gasteiger partial charge in [-0.05, 0) is 12.1 Å². The maximum atomic E-state index is 11.8. The van der Waals surface area contributed by atoms with Gasteiger partial charge >= 0.3 is 5.63 Å². The highest BCUT2D eigenvalue weighted by Gasteiger charge is 2.15. The summed E-state index contributed by atoms with van der Waals surface area (Å²) in [5, 5.41) is 29.2. The lowest BCUT2D eigenvalue weighted by atomic mass is 10.0. The molecule has 3 N–H and O–H groups in total. The van der Waals surface area contributed by atoms with Gasteiger partial charge < -0.3 is 19.7 Å². The van der Waals surface area contributed by atoms with Gasteiger partial charge in [0, 0.05) is 23.4 Å². The number of aliphatic hydroxyl groups is 1. The van der Waals surface area contributed by atoms with Gasteiger partial charge in [-0.2, -0.15) is 0 Å². The van der Waals surface area contributed by atoms with Crippen LogP contribution in [0.1, 0.15) is 31.6 Å². The third-order valence-electron chi connectivity index (χ3n) is 3.00. The zero-order chi connectivity index (χ0) is 15.6. The van der Waals surface area contributed by atoms with Crippen molar-refractivity contribution in [3.8, 4) is 11.5 Å². The van der Waals surface area contributed by atoms with Crippen molar-refractivity contribution in [3.63, 3.8) is 0 Å². The van der Waals surface area contributed by atoms with Crippen LogP contribution in [0, 0.1) is 0 Å². The summed E-state index contributed by atoms with van der Waals surface area (Å²) in [5.41, 5.74) is -0.0580. The van der Waals surface area contributed by atoms with E-state index in [0.29, 0.717) is 17.4 Å².